The van der Waals surface area contributed by atoms with E-state index in [1.54, 1.807) is 6.20 Å². The fraction of sp³-hybridized carbons (Fsp3) is 0.0833. The van der Waals surface area contributed by atoms with Gasteiger partial charge in [0.2, 0.25) is 0 Å². The molecule has 19 heavy (non-hydrogen) atoms. The SMILES string of the molecule is COc1cc(Nc2cnccn2)c(Cl)cc1C(=O)O. The lowest BCUT2D eigenvalue weighted by atomic mass is 10.2. The molecule has 0 fully saturated rings. The van der Waals surface area contributed by atoms with Crippen LogP contribution in [0.1, 0.15) is 10.4 Å². The number of ether oxygens (including phenoxy) is 1. The second-order valence-corrected chi connectivity index (χ2v) is 3.96. The number of benzene rings is 1. The zero-order chi connectivity index (χ0) is 13.8. The Morgan fingerprint density at radius 1 is 1.42 bits per heavy atom. The summed E-state index contributed by atoms with van der Waals surface area (Å²) in [7, 11) is 1.39. The molecule has 2 aromatic rings. The zero-order valence-corrected chi connectivity index (χ0v) is 10.7. The summed E-state index contributed by atoms with van der Waals surface area (Å²) in [6.45, 7) is 0. The van der Waals surface area contributed by atoms with Gasteiger partial charge in [0.15, 0.2) is 0 Å². The molecule has 0 atom stereocenters. The monoisotopic (exact) mass is 279 g/mol. The number of rotatable bonds is 4. The number of carbonyl (C=O) groups is 1. The Balaban J connectivity index is 2.39. The Morgan fingerprint density at radius 3 is 2.79 bits per heavy atom. The van der Waals surface area contributed by atoms with E-state index < -0.39 is 5.97 Å². The van der Waals surface area contributed by atoms with Crippen LogP contribution >= 0.6 is 11.6 Å². The second kappa shape index (κ2) is 5.53. The number of aromatic nitrogens is 2. The summed E-state index contributed by atoms with van der Waals surface area (Å²) in [6, 6.07) is 2.82. The Morgan fingerprint density at radius 2 is 2.21 bits per heavy atom. The van der Waals surface area contributed by atoms with E-state index in [0.717, 1.165) is 0 Å². The molecule has 0 bridgehead atoms. The first-order chi connectivity index (χ1) is 9.11. The predicted molar refractivity (Wildman–Crippen MR) is 70.3 cm³/mol. The normalized spacial score (nSPS) is 10.0. The average Bonchev–Trinajstić information content (AvgIpc) is 2.41. The quantitative estimate of drug-likeness (QED) is 0.895. The number of nitrogens with one attached hydrogen (secondary N) is 1. The fourth-order valence-corrected chi connectivity index (χ4v) is 1.70. The third kappa shape index (κ3) is 2.92. The topological polar surface area (TPSA) is 84.3 Å². The number of carboxylic acids is 1. The minimum Gasteiger partial charge on any atom is -0.496 e. The first-order valence-electron chi connectivity index (χ1n) is 5.25. The zero-order valence-electron chi connectivity index (χ0n) is 9.92. The maximum absolute atomic E-state index is 11.0. The molecule has 1 aromatic heterocycles. The van der Waals surface area contributed by atoms with Gasteiger partial charge in [-0.05, 0) is 6.07 Å². The first-order valence-corrected chi connectivity index (χ1v) is 5.63. The fourth-order valence-electron chi connectivity index (χ4n) is 1.49. The van der Waals surface area contributed by atoms with E-state index in [4.69, 9.17) is 21.4 Å². The molecule has 0 aliphatic heterocycles. The number of hydrogen-bond donors (Lipinski definition) is 2. The Kier molecular flexibility index (Phi) is 3.82. The van der Waals surface area contributed by atoms with Gasteiger partial charge in [-0.3, -0.25) is 4.98 Å². The van der Waals surface area contributed by atoms with Gasteiger partial charge in [0, 0.05) is 18.5 Å². The molecule has 0 aliphatic carbocycles. The lowest BCUT2D eigenvalue weighted by Crippen LogP contribution is -2.02. The second-order valence-electron chi connectivity index (χ2n) is 3.55. The van der Waals surface area contributed by atoms with Gasteiger partial charge < -0.3 is 15.2 Å². The molecule has 98 valence electrons. The third-order valence-corrected chi connectivity index (χ3v) is 2.66. The molecule has 2 N–H and O–H groups in total. The first kappa shape index (κ1) is 13.1. The van der Waals surface area contributed by atoms with Crippen molar-refractivity contribution in [2.75, 3.05) is 12.4 Å². The van der Waals surface area contributed by atoms with Crippen LogP contribution in [0, 0.1) is 0 Å². The van der Waals surface area contributed by atoms with Gasteiger partial charge in [-0.15, -0.1) is 0 Å². The number of halogens is 1. The van der Waals surface area contributed by atoms with Crippen molar-refractivity contribution < 1.29 is 14.6 Å². The standard InChI is InChI=1S/C12H10ClN3O3/c1-19-10-5-9(8(13)4-7(10)12(17)18)16-11-6-14-2-3-15-11/h2-6H,1H3,(H,15,16)(H,17,18). The highest BCUT2D eigenvalue weighted by Gasteiger charge is 2.15. The van der Waals surface area contributed by atoms with Gasteiger partial charge in [-0.1, -0.05) is 11.6 Å². The van der Waals surface area contributed by atoms with Gasteiger partial charge in [-0.25, -0.2) is 9.78 Å². The Bertz CT molecular complexity index is 605. The van der Waals surface area contributed by atoms with Crippen molar-refractivity contribution in [2.24, 2.45) is 0 Å². The highest BCUT2D eigenvalue weighted by molar-refractivity contribution is 6.33. The van der Waals surface area contributed by atoms with Crippen molar-refractivity contribution in [1.82, 2.24) is 9.97 Å². The molecule has 0 saturated heterocycles. The van der Waals surface area contributed by atoms with Crippen molar-refractivity contribution in [3.05, 3.63) is 41.3 Å². The molecule has 0 spiro atoms. The molecule has 1 aromatic carbocycles. The van der Waals surface area contributed by atoms with Gasteiger partial charge >= 0.3 is 5.97 Å². The smallest absolute Gasteiger partial charge is 0.339 e. The summed E-state index contributed by atoms with van der Waals surface area (Å²) in [5.74, 6) is -0.400. The lowest BCUT2D eigenvalue weighted by molar-refractivity contribution is 0.0693. The maximum Gasteiger partial charge on any atom is 0.339 e. The van der Waals surface area contributed by atoms with Crippen LogP contribution in [0.2, 0.25) is 5.02 Å². The van der Waals surface area contributed by atoms with Crippen LogP contribution in [0.4, 0.5) is 11.5 Å². The molecule has 6 nitrogen and oxygen atoms in total. The largest absolute Gasteiger partial charge is 0.496 e. The van der Waals surface area contributed by atoms with Crippen LogP contribution in [-0.4, -0.2) is 28.2 Å². The van der Waals surface area contributed by atoms with Crippen molar-refractivity contribution in [1.29, 1.82) is 0 Å². The summed E-state index contributed by atoms with van der Waals surface area (Å²) in [5, 5.41) is 12.2. The molecular weight excluding hydrogens is 270 g/mol. The minimum absolute atomic E-state index is 0.00260. The van der Waals surface area contributed by atoms with E-state index in [9.17, 15) is 4.79 Å². The summed E-state index contributed by atoms with van der Waals surface area (Å²) in [6.07, 6.45) is 4.59. The van der Waals surface area contributed by atoms with E-state index in [1.165, 1.54) is 31.6 Å². The van der Waals surface area contributed by atoms with E-state index in [0.29, 0.717) is 11.5 Å². The van der Waals surface area contributed by atoms with Crippen LogP contribution < -0.4 is 10.1 Å². The van der Waals surface area contributed by atoms with Crippen molar-refractivity contribution >= 4 is 29.1 Å². The number of hydrogen-bond acceptors (Lipinski definition) is 5. The lowest BCUT2D eigenvalue weighted by Gasteiger charge is -2.11. The number of methoxy groups -OCH3 is 1. The Hall–Kier alpha value is -2.34. The summed E-state index contributed by atoms with van der Waals surface area (Å²) >= 11 is 6.02. The van der Waals surface area contributed by atoms with Crippen molar-refractivity contribution in [2.45, 2.75) is 0 Å². The summed E-state index contributed by atoms with van der Waals surface area (Å²) < 4.78 is 5.02. The highest BCUT2D eigenvalue weighted by Crippen LogP contribution is 2.32. The van der Waals surface area contributed by atoms with E-state index in [-0.39, 0.29) is 16.3 Å². The van der Waals surface area contributed by atoms with Crippen molar-refractivity contribution in [3.63, 3.8) is 0 Å². The summed E-state index contributed by atoms with van der Waals surface area (Å²) in [4.78, 5) is 19.0. The molecule has 2 rings (SSSR count). The molecule has 0 unspecified atom stereocenters. The molecule has 0 aliphatic rings. The number of anilines is 2. The number of carboxylic acid groups (broad SMARTS) is 1. The van der Waals surface area contributed by atoms with Gasteiger partial charge in [0.1, 0.15) is 17.1 Å². The minimum atomic E-state index is -1.11. The number of nitrogens with zero attached hydrogens (tertiary/aromatic N) is 2. The van der Waals surface area contributed by atoms with E-state index in [1.807, 2.05) is 0 Å². The van der Waals surface area contributed by atoms with Crippen molar-refractivity contribution in [3.8, 4) is 5.75 Å². The molecule has 0 saturated carbocycles. The molecular formula is C12H10ClN3O3. The predicted octanol–water partition coefficient (Wildman–Crippen LogP) is 2.58. The molecule has 1 heterocycles. The van der Waals surface area contributed by atoms with E-state index >= 15 is 0 Å². The maximum atomic E-state index is 11.0. The van der Waals surface area contributed by atoms with Crippen LogP contribution in [0.3, 0.4) is 0 Å². The van der Waals surface area contributed by atoms with Crippen LogP contribution in [0.25, 0.3) is 0 Å². The number of aromatic carboxylic acids is 1. The Labute approximate surface area is 114 Å². The highest BCUT2D eigenvalue weighted by atomic mass is 35.5. The van der Waals surface area contributed by atoms with Crippen LogP contribution in [-0.2, 0) is 0 Å². The van der Waals surface area contributed by atoms with Gasteiger partial charge in [0.05, 0.1) is 24.0 Å². The summed E-state index contributed by atoms with van der Waals surface area (Å²) in [5.41, 5.74) is 0.487. The van der Waals surface area contributed by atoms with Crippen LogP contribution in [0.5, 0.6) is 5.75 Å². The molecule has 0 amide bonds. The van der Waals surface area contributed by atoms with E-state index in [2.05, 4.69) is 15.3 Å². The average molecular weight is 280 g/mol. The van der Waals surface area contributed by atoms with Crippen LogP contribution in [0.15, 0.2) is 30.7 Å². The van der Waals surface area contributed by atoms with Gasteiger partial charge in [0.25, 0.3) is 0 Å². The van der Waals surface area contributed by atoms with Gasteiger partial charge in [-0.2, -0.15) is 0 Å². The third-order valence-electron chi connectivity index (χ3n) is 2.35. The molecule has 0 radical (unpaired) electrons. The molecule has 7 heteroatoms.